The highest BCUT2D eigenvalue weighted by molar-refractivity contribution is 7.18. The van der Waals surface area contributed by atoms with Gasteiger partial charge in [-0.1, -0.05) is 41.9 Å². The lowest BCUT2D eigenvalue weighted by molar-refractivity contribution is 0.0159. The molecule has 2 amide bonds. The minimum Gasteiger partial charge on any atom is -0.444 e. The Morgan fingerprint density at radius 2 is 1.90 bits per heavy atom. The molecule has 29 heavy (non-hydrogen) atoms. The molecule has 3 rings (SSSR count). The van der Waals surface area contributed by atoms with Gasteiger partial charge in [0.05, 0.1) is 34.5 Å². The van der Waals surface area contributed by atoms with Crippen molar-refractivity contribution in [2.45, 2.75) is 45.1 Å². The first-order valence-electron chi connectivity index (χ1n) is 9.41. The molecular formula is C21H25ClN2O4S. The van der Waals surface area contributed by atoms with Gasteiger partial charge in [0, 0.05) is 6.54 Å². The molecule has 0 spiro atoms. The van der Waals surface area contributed by atoms with Crippen molar-refractivity contribution in [3.8, 4) is 0 Å². The van der Waals surface area contributed by atoms with Gasteiger partial charge < -0.3 is 19.7 Å². The van der Waals surface area contributed by atoms with Crippen molar-refractivity contribution in [1.82, 2.24) is 10.2 Å². The Bertz CT molecular complexity index is 850. The van der Waals surface area contributed by atoms with E-state index in [1.165, 1.54) is 11.3 Å². The summed E-state index contributed by atoms with van der Waals surface area (Å²) in [6.45, 7) is 6.53. The van der Waals surface area contributed by atoms with Gasteiger partial charge in [0.2, 0.25) is 0 Å². The van der Waals surface area contributed by atoms with Gasteiger partial charge in [0.15, 0.2) is 0 Å². The Morgan fingerprint density at radius 3 is 2.52 bits per heavy atom. The third kappa shape index (κ3) is 6.19. The predicted octanol–water partition coefficient (Wildman–Crippen LogP) is 4.34. The summed E-state index contributed by atoms with van der Waals surface area (Å²) in [5.74, 6) is -0.230. The smallest absolute Gasteiger partial charge is 0.410 e. The zero-order valence-corrected chi connectivity index (χ0v) is 18.3. The molecule has 2 atom stereocenters. The second-order valence-electron chi connectivity index (χ2n) is 7.90. The van der Waals surface area contributed by atoms with Crippen LogP contribution in [0, 0.1) is 0 Å². The maximum Gasteiger partial charge on any atom is 0.410 e. The molecule has 1 aliphatic heterocycles. The Kier molecular flexibility index (Phi) is 6.82. The largest absolute Gasteiger partial charge is 0.444 e. The van der Waals surface area contributed by atoms with E-state index in [9.17, 15) is 9.59 Å². The molecule has 156 valence electrons. The van der Waals surface area contributed by atoms with Crippen LogP contribution in [-0.2, 0) is 16.1 Å². The minimum atomic E-state index is -0.591. The monoisotopic (exact) mass is 436 g/mol. The van der Waals surface area contributed by atoms with E-state index in [2.05, 4.69) is 5.32 Å². The number of hydrogen-bond donors (Lipinski definition) is 1. The summed E-state index contributed by atoms with van der Waals surface area (Å²) >= 11 is 7.15. The highest BCUT2D eigenvalue weighted by Crippen LogP contribution is 2.23. The topological polar surface area (TPSA) is 67.9 Å². The third-order valence-corrected chi connectivity index (χ3v) is 5.57. The molecule has 1 aromatic carbocycles. The molecule has 6 nitrogen and oxygen atoms in total. The van der Waals surface area contributed by atoms with Crippen LogP contribution in [0.25, 0.3) is 0 Å². The Hall–Kier alpha value is -2.09. The molecule has 2 unspecified atom stereocenters. The van der Waals surface area contributed by atoms with E-state index in [4.69, 9.17) is 21.1 Å². The maximum absolute atomic E-state index is 12.6. The van der Waals surface area contributed by atoms with E-state index in [-0.39, 0.29) is 18.1 Å². The number of nitrogens with one attached hydrogen (secondary N) is 1. The van der Waals surface area contributed by atoms with Gasteiger partial charge in [-0.05, 0) is 38.5 Å². The van der Waals surface area contributed by atoms with Crippen LogP contribution >= 0.6 is 22.9 Å². The van der Waals surface area contributed by atoms with Gasteiger partial charge in [0.1, 0.15) is 5.60 Å². The second-order valence-corrected chi connectivity index (χ2v) is 9.62. The van der Waals surface area contributed by atoms with Crippen molar-refractivity contribution in [3.05, 3.63) is 57.2 Å². The van der Waals surface area contributed by atoms with Crippen LogP contribution in [0.15, 0.2) is 42.5 Å². The van der Waals surface area contributed by atoms with E-state index in [0.717, 1.165) is 5.56 Å². The van der Waals surface area contributed by atoms with Crippen LogP contribution in [0.5, 0.6) is 0 Å². The lowest BCUT2D eigenvalue weighted by Gasteiger charge is -2.24. The first-order chi connectivity index (χ1) is 13.7. The van der Waals surface area contributed by atoms with E-state index in [1.54, 1.807) is 17.0 Å². The van der Waals surface area contributed by atoms with Crippen LogP contribution in [0.3, 0.4) is 0 Å². The van der Waals surface area contributed by atoms with Gasteiger partial charge in [-0.15, -0.1) is 11.3 Å². The molecule has 1 saturated heterocycles. The van der Waals surface area contributed by atoms with E-state index in [0.29, 0.717) is 28.9 Å². The molecule has 0 aliphatic carbocycles. The van der Waals surface area contributed by atoms with Crippen LogP contribution in [-0.4, -0.2) is 47.7 Å². The number of carbonyl (C=O) groups is 2. The lowest BCUT2D eigenvalue weighted by Crippen LogP contribution is -2.44. The van der Waals surface area contributed by atoms with E-state index >= 15 is 0 Å². The second kappa shape index (κ2) is 9.15. The van der Waals surface area contributed by atoms with Gasteiger partial charge >= 0.3 is 6.09 Å². The molecule has 1 aromatic heterocycles. The number of thiophene rings is 1. The molecule has 8 heteroatoms. The molecule has 1 N–H and O–H groups in total. The van der Waals surface area contributed by atoms with Gasteiger partial charge in [0.25, 0.3) is 5.91 Å². The summed E-state index contributed by atoms with van der Waals surface area (Å²) < 4.78 is 12.1. The molecular weight excluding hydrogens is 412 g/mol. The first-order valence-corrected chi connectivity index (χ1v) is 10.6. The fourth-order valence-corrected chi connectivity index (χ4v) is 3.96. The highest BCUT2D eigenvalue weighted by Gasteiger charge is 2.39. The highest BCUT2D eigenvalue weighted by atomic mass is 35.5. The number of benzene rings is 1. The fourth-order valence-electron chi connectivity index (χ4n) is 3.01. The van der Waals surface area contributed by atoms with Crippen molar-refractivity contribution in [2.75, 3.05) is 13.1 Å². The lowest BCUT2D eigenvalue weighted by atomic mass is 10.2. The molecule has 1 aliphatic rings. The molecule has 0 bridgehead atoms. The minimum absolute atomic E-state index is 0.230. The SMILES string of the molecule is CC(C)(C)OC(=O)N1CC(NC(=O)c2ccc(Cl)s2)C(OCc2ccccc2)C1. The summed E-state index contributed by atoms with van der Waals surface area (Å²) in [5.41, 5.74) is 0.435. The first kappa shape index (κ1) is 21.6. The van der Waals surface area contributed by atoms with Crippen molar-refractivity contribution in [1.29, 1.82) is 0 Å². The molecule has 0 saturated carbocycles. The number of carbonyl (C=O) groups excluding carboxylic acids is 2. The summed E-state index contributed by atoms with van der Waals surface area (Å²) in [6.07, 6.45) is -0.760. The Balaban J connectivity index is 1.68. The van der Waals surface area contributed by atoms with Crippen LogP contribution in [0.4, 0.5) is 4.79 Å². The van der Waals surface area contributed by atoms with Crippen molar-refractivity contribution >= 4 is 34.9 Å². The Labute approximate surface area is 179 Å². The number of likely N-dealkylation sites (tertiary alicyclic amines) is 1. The normalized spacial score (nSPS) is 19.2. The number of hydrogen-bond acceptors (Lipinski definition) is 5. The van der Waals surface area contributed by atoms with Crippen LogP contribution in [0.2, 0.25) is 4.34 Å². The molecule has 2 aromatic rings. The molecule has 1 fully saturated rings. The molecule has 2 heterocycles. The summed E-state index contributed by atoms with van der Waals surface area (Å²) in [5, 5.41) is 2.98. The fraction of sp³-hybridized carbons (Fsp3) is 0.429. The standard InChI is InChI=1S/C21H25ClN2O4S/c1-21(2,3)28-20(26)24-11-15(23-19(25)17-9-10-18(22)29-17)16(12-24)27-13-14-7-5-4-6-8-14/h4-10,15-16H,11-13H2,1-3H3,(H,23,25). The number of ether oxygens (including phenoxy) is 2. The predicted molar refractivity (Wildman–Crippen MR) is 113 cm³/mol. The zero-order valence-electron chi connectivity index (χ0n) is 16.7. The maximum atomic E-state index is 12.6. The number of rotatable bonds is 5. The zero-order chi connectivity index (χ0) is 21.0. The van der Waals surface area contributed by atoms with Gasteiger partial charge in [-0.3, -0.25) is 4.79 Å². The quantitative estimate of drug-likeness (QED) is 0.757. The van der Waals surface area contributed by atoms with Crippen LogP contribution < -0.4 is 5.32 Å². The summed E-state index contributed by atoms with van der Waals surface area (Å²) in [7, 11) is 0. The summed E-state index contributed by atoms with van der Waals surface area (Å²) in [6, 6.07) is 12.8. The molecule has 0 radical (unpaired) electrons. The van der Waals surface area contributed by atoms with Gasteiger partial charge in [-0.25, -0.2) is 4.79 Å². The number of halogens is 1. The van der Waals surface area contributed by atoms with E-state index in [1.807, 2.05) is 51.1 Å². The van der Waals surface area contributed by atoms with Crippen molar-refractivity contribution in [3.63, 3.8) is 0 Å². The number of nitrogens with zero attached hydrogens (tertiary/aromatic N) is 1. The average molecular weight is 437 g/mol. The van der Waals surface area contributed by atoms with Crippen LogP contribution in [0.1, 0.15) is 36.0 Å². The van der Waals surface area contributed by atoms with Gasteiger partial charge in [-0.2, -0.15) is 0 Å². The Morgan fingerprint density at radius 1 is 1.17 bits per heavy atom. The van der Waals surface area contributed by atoms with Crippen molar-refractivity contribution in [2.24, 2.45) is 0 Å². The third-order valence-electron chi connectivity index (χ3n) is 4.34. The average Bonchev–Trinajstić information content (AvgIpc) is 3.26. The summed E-state index contributed by atoms with van der Waals surface area (Å²) in [4.78, 5) is 27.2. The van der Waals surface area contributed by atoms with E-state index < -0.39 is 11.7 Å². The number of amides is 2. The van der Waals surface area contributed by atoms with Crippen molar-refractivity contribution < 1.29 is 19.1 Å².